The Morgan fingerprint density at radius 1 is 1.23 bits per heavy atom. The summed E-state index contributed by atoms with van der Waals surface area (Å²) in [5, 5.41) is 24.5. The number of esters is 1. The molecule has 0 radical (unpaired) electrons. The van der Waals surface area contributed by atoms with Crippen molar-refractivity contribution in [1.29, 1.82) is 0 Å². The van der Waals surface area contributed by atoms with Gasteiger partial charge in [-0.1, -0.05) is 39.8 Å². The van der Waals surface area contributed by atoms with Crippen LogP contribution in [0.2, 0.25) is 0 Å². The molecular weight excluding hydrogens is 466 g/mol. The van der Waals surface area contributed by atoms with Crippen LogP contribution in [0.5, 0.6) is 0 Å². The molecule has 0 amide bonds. The fraction of sp³-hybridized carbons (Fsp3) is 0.667. The summed E-state index contributed by atoms with van der Waals surface area (Å²) in [4.78, 5) is 30.6. The Morgan fingerprint density at radius 3 is 2.54 bits per heavy atom. The number of rotatable bonds is 2. The molecule has 2 N–H and O–H groups in total. The maximum absolute atomic E-state index is 13.2. The highest BCUT2D eigenvalue weighted by molar-refractivity contribution is 7.09. The molecular formula is C27H39NO6S. The third kappa shape index (κ3) is 6.47. The fourth-order valence-electron chi connectivity index (χ4n) is 4.67. The smallest absolute Gasteiger partial charge is 0.309 e. The number of fused-ring (bicyclic) bond motifs is 1. The molecule has 2 aliphatic rings. The molecule has 0 aliphatic carbocycles. The second-order valence-corrected chi connectivity index (χ2v) is 12.0. The van der Waals surface area contributed by atoms with Gasteiger partial charge in [-0.05, 0) is 38.8 Å². The van der Waals surface area contributed by atoms with Gasteiger partial charge in [-0.15, -0.1) is 11.3 Å². The molecule has 8 heteroatoms. The van der Waals surface area contributed by atoms with Gasteiger partial charge in [0.15, 0.2) is 0 Å². The van der Waals surface area contributed by atoms with Crippen molar-refractivity contribution in [2.75, 3.05) is 0 Å². The molecule has 0 bridgehead atoms. The number of thiazole rings is 1. The average molecular weight is 506 g/mol. The van der Waals surface area contributed by atoms with E-state index in [0.29, 0.717) is 12.8 Å². The van der Waals surface area contributed by atoms with Gasteiger partial charge in [-0.2, -0.15) is 0 Å². The highest BCUT2D eigenvalue weighted by atomic mass is 32.1. The van der Waals surface area contributed by atoms with Gasteiger partial charge in [-0.25, -0.2) is 4.98 Å². The van der Waals surface area contributed by atoms with Crippen molar-refractivity contribution in [3.05, 3.63) is 33.8 Å². The molecule has 7 atom stereocenters. The molecule has 35 heavy (non-hydrogen) atoms. The summed E-state index contributed by atoms with van der Waals surface area (Å²) < 4.78 is 11.9. The number of aryl methyl sites for hydroxylation is 1. The molecule has 0 spiro atoms. The fourth-order valence-corrected chi connectivity index (χ4v) is 5.24. The molecule has 0 saturated carbocycles. The number of hydrogen-bond acceptors (Lipinski definition) is 8. The Balaban J connectivity index is 1.89. The van der Waals surface area contributed by atoms with Gasteiger partial charge < -0.3 is 19.7 Å². The van der Waals surface area contributed by atoms with E-state index in [1.165, 1.54) is 0 Å². The van der Waals surface area contributed by atoms with Crippen molar-refractivity contribution in [2.45, 2.75) is 97.7 Å². The first-order valence-corrected chi connectivity index (χ1v) is 13.2. The lowest BCUT2D eigenvalue weighted by Gasteiger charge is -2.34. The minimum Gasteiger partial charge on any atom is -0.458 e. The number of nitrogens with zero attached hydrogens (tertiary/aromatic N) is 1. The van der Waals surface area contributed by atoms with E-state index < -0.39 is 35.6 Å². The highest BCUT2D eigenvalue weighted by Gasteiger charge is 2.52. The summed E-state index contributed by atoms with van der Waals surface area (Å²) in [5.74, 6) is -1.83. The van der Waals surface area contributed by atoms with E-state index in [0.717, 1.165) is 16.3 Å². The minimum atomic E-state index is -1.25. The van der Waals surface area contributed by atoms with E-state index in [1.54, 1.807) is 32.1 Å². The monoisotopic (exact) mass is 505 g/mol. The molecule has 1 fully saturated rings. The lowest BCUT2D eigenvalue weighted by atomic mass is 9.73. The van der Waals surface area contributed by atoms with E-state index in [1.807, 2.05) is 51.3 Å². The Morgan fingerprint density at radius 2 is 1.91 bits per heavy atom. The van der Waals surface area contributed by atoms with E-state index >= 15 is 0 Å². The molecule has 1 saturated heterocycles. The normalized spacial score (nSPS) is 37.9. The van der Waals surface area contributed by atoms with Crippen LogP contribution in [-0.4, -0.2) is 57.0 Å². The summed E-state index contributed by atoms with van der Waals surface area (Å²) in [6, 6.07) is 0. The second kappa shape index (κ2) is 10.6. The minimum absolute atomic E-state index is 0.0968. The van der Waals surface area contributed by atoms with Crippen LogP contribution >= 0.6 is 11.3 Å². The van der Waals surface area contributed by atoms with Gasteiger partial charge in [0.2, 0.25) is 0 Å². The third-order valence-electron chi connectivity index (χ3n) is 7.51. The highest BCUT2D eigenvalue weighted by Crippen LogP contribution is 2.44. The number of aliphatic hydroxyl groups is 2. The van der Waals surface area contributed by atoms with Crippen LogP contribution in [0.1, 0.15) is 71.5 Å². The Bertz CT molecular complexity index is 998. The molecule has 194 valence electrons. The number of aromatic nitrogens is 1. The number of epoxide rings is 1. The zero-order valence-electron chi connectivity index (χ0n) is 21.8. The molecule has 7 nitrogen and oxygen atoms in total. The number of ether oxygens (including phenoxy) is 2. The van der Waals surface area contributed by atoms with Crippen LogP contribution in [0.4, 0.5) is 0 Å². The van der Waals surface area contributed by atoms with Crippen molar-refractivity contribution >= 4 is 29.2 Å². The second-order valence-electron chi connectivity index (χ2n) is 10.9. The summed E-state index contributed by atoms with van der Waals surface area (Å²) in [5.41, 5.74) is 0.0391. The molecule has 1 aromatic heterocycles. The van der Waals surface area contributed by atoms with Crippen molar-refractivity contribution in [2.24, 2.45) is 17.3 Å². The van der Waals surface area contributed by atoms with E-state index in [-0.39, 0.29) is 29.8 Å². The van der Waals surface area contributed by atoms with Gasteiger partial charge in [0.05, 0.1) is 46.5 Å². The van der Waals surface area contributed by atoms with Crippen molar-refractivity contribution < 1.29 is 29.3 Å². The van der Waals surface area contributed by atoms with Crippen LogP contribution in [0.15, 0.2) is 23.1 Å². The lowest BCUT2D eigenvalue weighted by Crippen LogP contribution is -2.45. The SMILES string of the molecule is C/C(=C\c1csc(C)n1)C1CC2O[C@]2(C)C/C=C/C(C)[C@H](O)[C@@H](C)C(=O)C(C)(C)[C@@H](O)CC(=O)O1. The van der Waals surface area contributed by atoms with Gasteiger partial charge >= 0.3 is 5.97 Å². The van der Waals surface area contributed by atoms with Crippen LogP contribution in [0.25, 0.3) is 6.08 Å². The molecule has 1 aromatic rings. The standard InChI is InChI=1S/C27H39NO6S/c1-15-9-8-10-27(7)22(34-27)12-20(16(2)11-19-14-35-18(4)28-19)33-23(30)13-21(29)26(5,6)25(32)17(3)24(15)31/h8-9,11,14-15,17,20-22,24,29,31H,10,12-13H2,1-7H3/b9-8+,16-11+/t15?,17-,20?,21+,22?,24+,27-/m1/s1. The third-order valence-corrected chi connectivity index (χ3v) is 8.30. The van der Waals surface area contributed by atoms with Crippen molar-refractivity contribution in [3.8, 4) is 0 Å². The zero-order valence-corrected chi connectivity index (χ0v) is 22.6. The number of Topliss-reactive ketones (excluding diaryl/α,β-unsaturated/α-hetero) is 1. The topological polar surface area (TPSA) is 109 Å². The molecule has 2 aliphatic heterocycles. The number of carbonyl (C=O) groups excluding carboxylic acids is 2. The predicted molar refractivity (Wildman–Crippen MR) is 136 cm³/mol. The zero-order chi connectivity index (χ0) is 26.1. The summed E-state index contributed by atoms with van der Waals surface area (Å²) in [6.45, 7) is 12.6. The molecule has 0 aromatic carbocycles. The Kier molecular flexibility index (Phi) is 8.41. The summed E-state index contributed by atoms with van der Waals surface area (Å²) in [7, 11) is 0. The number of carbonyl (C=O) groups is 2. The number of hydrogen-bond donors (Lipinski definition) is 2. The van der Waals surface area contributed by atoms with Gasteiger partial charge in [0.25, 0.3) is 0 Å². The van der Waals surface area contributed by atoms with E-state index in [9.17, 15) is 19.8 Å². The average Bonchev–Trinajstić information content (AvgIpc) is 3.22. The first kappa shape index (κ1) is 27.7. The van der Waals surface area contributed by atoms with Crippen molar-refractivity contribution in [1.82, 2.24) is 4.98 Å². The maximum Gasteiger partial charge on any atom is 0.309 e. The van der Waals surface area contributed by atoms with Crippen LogP contribution in [-0.2, 0) is 19.1 Å². The van der Waals surface area contributed by atoms with Crippen molar-refractivity contribution in [3.63, 3.8) is 0 Å². The van der Waals surface area contributed by atoms with Gasteiger partial charge in [0.1, 0.15) is 11.9 Å². The maximum atomic E-state index is 13.2. The largest absolute Gasteiger partial charge is 0.458 e. The Labute approximate surface area is 212 Å². The van der Waals surface area contributed by atoms with Crippen LogP contribution in [0, 0.1) is 24.2 Å². The first-order valence-electron chi connectivity index (χ1n) is 12.3. The Hall–Kier alpha value is -1.87. The molecule has 3 heterocycles. The number of aliphatic hydroxyl groups excluding tert-OH is 2. The molecule has 3 rings (SSSR count). The van der Waals surface area contributed by atoms with Gasteiger partial charge in [-0.3, -0.25) is 9.59 Å². The number of ketones is 1. The predicted octanol–water partition coefficient (Wildman–Crippen LogP) is 4.25. The van der Waals surface area contributed by atoms with Crippen LogP contribution < -0.4 is 0 Å². The quantitative estimate of drug-likeness (QED) is 0.351. The van der Waals surface area contributed by atoms with Crippen LogP contribution in [0.3, 0.4) is 0 Å². The van der Waals surface area contributed by atoms with E-state index in [4.69, 9.17) is 9.47 Å². The van der Waals surface area contributed by atoms with E-state index in [2.05, 4.69) is 4.98 Å². The van der Waals surface area contributed by atoms with Gasteiger partial charge in [0, 0.05) is 23.6 Å². The lowest BCUT2D eigenvalue weighted by molar-refractivity contribution is -0.154. The summed E-state index contributed by atoms with van der Waals surface area (Å²) >= 11 is 1.55. The number of cyclic esters (lactones) is 1. The first-order chi connectivity index (χ1) is 16.2. The molecule has 3 unspecified atom stereocenters. The summed E-state index contributed by atoms with van der Waals surface area (Å²) in [6.07, 6.45) is 3.84.